The second-order valence-electron chi connectivity index (χ2n) is 5.49. The van der Waals surface area contributed by atoms with Gasteiger partial charge in [0.25, 0.3) is 11.8 Å². The van der Waals surface area contributed by atoms with Crippen molar-refractivity contribution in [3.05, 3.63) is 64.1 Å². The second-order valence-corrected chi connectivity index (χ2v) is 6.41. The quantitative estimate of drug-likeness (QED) is 0.758. The Balaban J connectivity index is 1.68. The van der Waals surface area contributed by atoms with Gasteiger partial charge in [-0.05, 0) is 30.3 Å². The Labute approximate surface area is 148 Å². The normalized spacial score (nSPS) is 13.2. The summed E-state index contributed by atoms with van der Waals surface area (Å²) in [7, 11) is 1.68. The summed E-state index contributed by atoms with van der Waals surface area (Å²) in [4.78, 5) is 39.7. The molecule has 0 saturated carbocycles. The third kappa shape index (κ3) is 2.97. The van der Waals surface area contributed by atoms with Crippen LogP contribution in [0.5, 0.6) is 0 Å². The highest BCUT2D eigenvalue weighted by molar-refractivity contribution is 9.10. The summed E-state index contributed by atoms with van der Waals surface area (Å²) < 4.78 is 0.740. The molecule has 1 heterocycles. The number of carbonyl (C=O) groups is 3. The van der Waals surface area contributed by atoms with Crippen molar-refractivity contribution in [1.29, 1.82) is 0 Å². The number of nitrogens with zero attached hydrogens (tertiary/aromatic N) is 2. The summed E-state index contributed by atoms with van der Waals surface area (Å²) in [5.41, 5.74) is 1.53. The Kier molecular flexibility index (Phi) is 4.49. The molecule has 3 amide bonds. The van der Waals surface area contributed by atoms with Crippen LogP contribution in [-0.2, 0) is 4.79 Å². The monoisotopic (exact) mass is 386 g/mol. The van der Waals surface area contributed by atoms with Gasteiger partial charge in [-0.1, -0.05) is 34.1 Å². The van der Waals surface area contributed by atoms with E-state index in [1.165, 1.54) is 4.90 Å². The van der Waals surface area contributed by atoms with E-state index in [1.54, 1.807) is 25.2 Å². The van der Waals surface area contributed by atoms with Gasteiger partial charge >= 0.3 is 0 Å². The summed E-state index contributed by atoms with van der Waals surface area (Å²) in [5.74, 6) is -0.858. The molecule has 0 atom stereocenters. The van der Waals surface area contributed by atoms with Gasteiger partial charge in [-0.15, -0.1) is 0 Å². The molecule has 0 saturated heterocycles. The summed E-state index contributed by atoms with van der Waals surface area (Å²) in [6.45, 7) is 0.0694. The van der Waals surface area contributed by atoms with Gasteiger partial charge in [-0.3, -0.25) is 19.3 Å². The molecule has 0 spiro atoms. The van der Waals surface area contributed by atoms with Crippen molar-refractivity contribution in [2.75, 3.05) is 18.5 Å². The predicted molar refractivity (Wildman–Crippen MR) is 94.0 cm³/mol. The van der Waals surface area contributed by atoms with Gasteiger partial charge in [-0.25, -0.2) is 0 Å². The minimum absolute atomic E-state index is 0.0694. The zero-order valence-corrected chi connectivity index (χ0v) is 14.6. The van der Waals surface area contributed by atoms with Crippen molar-refractivity contribution in [2.45, 2.75) is 6.42 Å². The lowest BCUT2D eigenvalue weighted by Gasteiger charge is -2.19. The zero-order chi connectivity index (χ0) is 17.3. The smallest absolute Gasteiger partial charge is 0.261 e. The maximum absolute atomic E-state index is 12.4. The van der Waals surface area contributed by atoms with Crippen molar-refractivity contribution >= 4 is 39.3 Å². The Bertz CT molecular complexity index is 820. The summed E-state index contributed by atoms with van der Waals surface area (Å²) in [6, 6.07) is 14.2. The molecule has 1 aliphatic rings. The summed E-state index contributed by atoms with van der Waals surface area (Å²) in [5, 5.41) is 0. The van der Waals surface area contributed by atoms with Crippen LogP contribution < -0.4 is 4.90 Å². The van der Waals surface area contributed by atoms with Crippen molar-refractivity contribution in [3.63, 3.8) is 0 Å². The maximum Gasteiger partial charge on any atom is 0.261 e. The molecule has 0 aromatic heterocycles. The van der Waals surface area contributed by atoms with Crippen LogP contribution >= 0.6 is 15.9 Å². The summed E-state index contributed by atoms with van der Waals surface area (Å²) >= 11 is 3.30. The van der Waals surface area contributed by atoms with E-state index in [4.69, 9.17) is 0 Å². The fourth-order valence-electron chi connectivity index (χ4n) is 2.64. The van der Waals surface area contributed by atoms with Crippen LogP contribution in [-0.4, -0.2) is 36.2 Å². The third-order valence-electron chi connectivity index (χ3n) is 4.00. The number of para-hydroxylation sites is 1. The molecule has 0 unspecified atom stereocenters. The van der Waals surface area contributed by atoms with Crippen molar-refractivity contribution in [1.82, 2.24) is 4.90 Å². The average Bonchev–Trinajstić information content (AvgIpc) is 2.83. The number of fused-ring (bicyclic) bond motifs is 1. The zero-order valence-electron chi connectivity index (χ0n) is 13.0. The molecule has 2 aromatic rings. The number of halogens is 1. The number of hydrogen-bond acceptors (Lipinski definition) is 3. The van der Waals surface area contributed by atoms with Gasteiger partial charge in [0.2, 0.25) is 5.91 Å². The number of rotatable bonds is 4. The Hall–Kier alpha value is -2.47. The first kappa shape index (κ1) is 16.4. The van der Waals surface area contributed by atoms with Crippen LogP contribution in [0, 0.1) is 0 Å². The largest absolute Gasteiger partial charge is 0.315 e. The number of anilines is 1. The van der Waals surface area contributed by atoms with Crippen LogP contribution in [0.25, 0.3) is 0 Å². The molecule has 0 radical (unpaired) electrons. The van der Waals surface area contributed by atoms with Crippen LogP contribution in [0.4, 0.5) is 5.69 Å². The highest BCUT2D eigenvalue weighted by Crippen LogP contribution is 2.26. The number of hydrogen-bond donors (Lipinski definition) is 0. The molecular weight excluding hydrogens is 372 g/mol. The topological polar surface area (TPSA) is 57.7 Å². The number of amides is 3. The van der Waals surface area contributed by atoms with E-state index in [9.17, 15) is 14.4 Å². The number of benzene rings is 2. The molecule has 0 N–H and O–H groups in total. The first-order chi connectivity index (χ1) is 11.5. The molecule has 24 heavy (non-hydrogen) atoms. The van der Waals surface area contributed by atoms with Crippen molar-refractivity contribution in [2.24, 2.45) is 0 Å². The van der Waals surface area contributed by atoms with Crippen LogP contribution in [0.3, 0.4) is 0 Å². The van der Waals surface area contributed by atoms with Gasteiger partial charge < -0.3 is 4.90 Å². The molecule has 6 heteroatoms. The highest BCUT2D eigenvalue weighted by atomic mass is 79.9. The molecule has 5 nitrogen and oxygen atoms in total. The fourth-order valence-corrected chi connectivity index (χ4v) is 3.00. The van der Waals surface area contributed by atoms with E-state index >= 15 is 0 Å². The highest BCUT2D eigenvalue weighted by Gasteiger charge is 2.35. The summed E-state index contributed by atoms with van der Waals surface area (Å²) in [6.07, 6.45) is 0.0814. The average molecular weight is 387 g/mol. The Morgan fingerprint density at radius 1 is 1.04 bits per heavy atom. The van der Waals surface area contributed by atoms with Gasteiger partial charge in [0.15, 0.2) is 0 Å². The Morgan fingerprint density at radius 3 is 2.42 bits per heavy atom. The lowest BCUT2D eigenvalue weighted by molar-refractivity contribution is -0.118. The lowest BCUT2D eigenvalue weighted by Crippen LogP contribution is -2.35. The molecule has 0 fully saturated rings. The Morgan fingerprint density at radius 2 is 1.71 bits per heavy atom. The molecule has 3 rings (SSSR count). The minimum atomic E-state index is -0.355. The third-order valence-corrected chi connectivity index (χ3v) is 4.49. The lowest BCUT2D eigenvalue weighted by atomic mass is 10.1. The van der Waals surface area contributed by atoms with E-state index in [2.05, 4.69) is 15.9 Å². The SMILES string of the molecule is CN(C(=O)CCN1C(=O)c2ccc(Br)cc2C1=O)c1ccccc1. The van der Waals surface area contributed by atoms with Gasteiger partial charge in [0.05, 0.1) is 11.1 Å². The predicted octanol–water partition coefficient (Wildman–Crippen LogP) is 3.10. The second kappa shape index (κ2) is 6.57. The van der Waals surface area contributed by atoms with E-state index in [-0.39, 0.29) is 30.7 Å². The van der Waals surface area contributed by atoms with Gasteiger partial charge in [-0.2, -0.15) is 0 Å². The van der Waals surface area contributed by atoms with Gasteiger partial charge in [0, 0.05) is 30.2 Å². The minimum Gasteiger partial charge on any atom is -0.315 e. The standard InChI is InChI=1S/C18H15BrN2O3/c1-20(13-5-3-2-4-6-13)16(22)9-10-21-17(23)14-8-7-12(19)11-15(14)18(21)24/h2-8,11H,9-10H2,1H3. The molecular formula is C18H15BrN2O3. The molecule has 122 valence electrons. The number of imide groups is 1. The van der Waals surface area contributed by atoms with Crippen molar-refractivity contribution in [3.8, 4) is 0 Å². The van der Waals surface area contributed by atoms with Crippen LogP contribution in [0.1, 0.15) is 27.1 Å². The van der Waals surface area contributed by atoms with Crippen LogP contribution in [0.15, 0.2) is 53.0 Å². The van der Waals surface area contributed by atoms with E-state index in [1.807, 2.05) is 30.3 Å². The van der Waals surface area contributed by atoms with E-state index < -0.39 is 0 Å². The molecule has 2 aromatic carbocycles. The van der Waals surface area contributed by atoms with E-state index in [0.29, 0.717) is 11.1 Å². The van der Waals surface area contributed by atoms with Crippen molar-refractivity contribution < 1.29 is 14.4 Å². The first-order valence-electron chi connectivity index (χ1n) is 7.46. The number of carbonyl (C=O) groups excluding carboxylic acids is 3. The molecule has 0 bridgehead atoms. The molecule has 1 aliphatic heterocycles. The fraction of sp³-hybridized carbons (Fsp3) is 0.167. The first-order valence-corrected chi connectivity index (χ1v) is 8.25. The van der Waals surface area contributed by atoms with E-state index in [0.717, 1.165) is 15.1 Å². The maximum atomic E-state index is 12.4. The van der Waals surface area contributed by atoms with Crippen LogP contribution in [0.2, 0.25) is 0 Å². The molecule has 0 aliphatic carbocycles. The van der Waals surface area contributed by atoms with Gasteiger partial charge in [0.1, 0.15) is 0 Å².